The van der Waals surface area contributed by atoms with Crippen LogP contribution in [-0.2, 0) is 16.0 Å². The minimum Gasteiger partial charge on any atom is -0.481 e. The van der Waals surface area contributed by atoms with Crippen LogP contribution in [0.2, 0.25) is 0 Å². The molecule has 1 aliphatic heterocycles. The third-order valence-electron chi connectivity index (χ3n) is 4.56. The van der Waals surface area contributed by atoms with Crippen LogP contribution in [0.15, 0.2) is 24.3 Å². The highest BCUT2D eigenvalue weighted by Crippen LogP contribution is 2.50. The molecule has 6 heteroatoms. The lowest BCUT2D eigenvalue weighted by molar-refractivity contribution is -0.385. The number of ether oxygens (including phenoxy) is 1. The van der Waals surface area contributed by atoms with E-state index in [1.54, 1.807) is 18.2 Å². The van der Waals surface area contributed by atoms with E-state index in [0.29, 0.717) is 18.6 Å². The molecule has 1 aliphatic carbocycles. The quantitative estimate of drug-likeness (QED) is 0.664. The van der Waals surface area contributed by atoms with Gasteiger partial charge in [-0.3, -0.25) is 14.9 Å². The van der Waals surface area contributed by atoms with E-state index in [-0.39, 0.29) is 24.1 Å². The van der Waals surface area contributed by atoms with Crippen molar-refractivity contribution < 1.29 is 19.6 Å². The van der Waals surface area contributed by atoms with E-state index in [0.717, 1.165) is 12.8 Å². The average molecular weight is 291 g/mol. The first-order valence-electron chi connectivity index (χ1n) is 7.12. The number of rotatable bonds is 5. The number of carboxylic acids is 1. The lowest BCUT2D eigenvalue weighted by Crippen LogP contribution is -2.42. The molecular weight excluding hydrogens is 274 g/mol. The third-order valence-corrected chi connectivity index (χ3v) is 4.56. The minimum absolute atomic E-state index is 0.0143. The second kappa shape index (κ2) is 5.11. The Hall–Kier alpha value is -1.95. The number of para-hydroxylation sites is 1. The molecule has 1 N–H and O–H groups in total. The maximum Gasteiger partial charge on any atom is 0.312 e. The fourth-order valence-electron chi connectivity index (χ4n) is 3.33. The molecule has 112 valence electrons. The molecule has 0 radical (unpaired) electrons. The van der Waals surface area contributed by atoms with E-state index < -0.39 is 16.3 Å². The highest BCUT2D eigenvalue weighted by molar-refractivity contribution is 5.77. The second-order valence-corrected chi connectivity index (χ2v) is 5.90. The van der Waals surface area contributed by atoms with E-state index in [2.05, 4.69) is 0 Å². The molecule has 1 aromatic rings. The van der Waals surface area contributed by atoms with Gasteiger partial charge in [-0.1, -0.05) is 18.2 Å². The number of aliphatic carboxylic acids is 1. The van der Waals surface area contributed by atoms with Crippen LogP contribution in [-0.4, -0.2) is 28.7 Å². The molecular formula is C15H17NO5. The molecule has 1 heterocycles. The highest BCUT2D eigenvalue weighted by Gasteiger charge is 2.56. The Kier molecular flexibility index (Phi) is 3.41. The first-order valence-corrected chi connectivity index (χ1v) is 7.12. The van der Waals surface area contributed by atoms with Gasteiger partial charge in [-0.15, -0.1) is 0 Å². The molecule has 0 amide bonds. The summed E-state index contributed by atoms with van der Waals surface area (Å²) in [5, 5.41) is 20.9. The second-order valence-electron chi connectivity index (χ2n) is 5.90. The van der Waals surface area contributed by atoms with Crippen molar-refractivity contribution in [3.8, 4) is 0 Å². The largest absolute Gasteiger partial charge is 0.481 e. The molecule has 1 saturated heterocycles. The molecule has 2 unspecified atom stereocenters. The molecule has 6 nitrogen and oxygen atoms in total. The fourth-order valence-corrected chi connectivity index (χ4v) is 3.33. The maximum atomic E-state index is 11.9. The van der Waals surface area contributed by atoms with Crippen molar-refractivity contribution in [2.75, 3.05) is 6.61 Å². The summed E-state index contributed by atoms with van der Waals surface area (Å²) in [6, 6.07) is 6.37. The van der Waals surface area contributed by atoms with E-state index in [9.17, 15) is 20.0 Å². The molecule has 2 atom stereocenters. The number of nitro groups is 1. The lowest BCUT2D eigenvalue weighted by atomic mass is 9.74. The molecule has 0 aromatic heterocycles. The van der Waals surface area contributed by atoms with Crippen LogP contribution < -0.4 is 0 Å². The zero-order chi connectivity index (χ0) is 15.0. The van der Waals surface area contributed by atoms with Crippen molar-refractivity contribution in [3.05, 3.63) is 39.9 Å². The van der Waals surface area contributed by atoms with Gasteiger partial charge >= 0.3 is 5.97 Å². The van der Waals surface area contributed by atoms with Crippen molar-refractivity contribution in [2.24, 2.45) is 11.3 Å². The summed E-state index contributed by atoms with van der Waals surface area (Å²) < 4.78 is 5.68. The third kappa shape index (κ3) is 2.40. The predicted octanol–water partition coefficient (Wildman–Crippen LogP) is 2.41. The van der Waals surface area contributed by atoms with E-state index in [1.807, 2.05) is 0 Å². The number of carbonyl (C=O) groups is 1. The molecule has 2 fully saturated rings. The van der Waals surface area contributed by atoms with Gasteiger partial charge in [0.25, 0.3) is 5.69 Å². The number of hydrogen-bond acceptors (Lipinski definition) is 4. The standard InChI is InChI=1S/C15H17NO5/c17-14(18)15(7-8-21-13(15)10-5-6-10)9-11-3-1-2-4-12(11)16(19)20/h1-4,10,13H,5-9H2,(H,17,18). The van der Waals surface area contributed by atoms with Crippen LogP contribution >= 0.6 is 0 Å². The van der Waals surface area contributed by atoms with Gasteiger partial charge in [0, 0.05) is 18.2 Å². The normalized spacial score (nSPS) is 28.5. The van der Waals surface area contributed by atoms with E-state index in [4.69, 9.17) is 4.74 Å². The fraction of sp³-hybridized carbons (Fsp3) is 0.533. The van der Waals surface area contributed by atoms with Crippen molar-refractivity contribution >= 4 is 11.7 Å². The lowest BCUT2D eigenvalue weighted by Gasteiger charge is -2.29. The topological polar surface area (TPSA) is 89.7 Å². The van der Waals surface area contributed by atoms with Crippen molar-refractivity contribution in [1.29, 1.82) is 0 Å². The van der Waals surface area contributed by atoms with Gasteiger partial charge in [0.2, 0.25) is 0 Å². The molecule has 3 rings (SSSR count). The van der Waals surface area contributed by atoms with Gasteiger partial charge in [-0.2, -0.15) is 0 Å². The Morgan fingerprint density at radius 1 is 1.43 bits per heavy atom. The molecule has 0 spiro atoms. The van der Waals surface area contributed by atoms with Gasteiger partial charge in [0.1, 0.15) is 5.41 Å². The Bertz CT molecular complexity index is 583. The van der Waals surface area contributed by atoms with Crippen LogP contribution in [0.5, 0.6) is 0 Å². The zero-order valence-electron chi connectivity index (χ0n) is 11.5. The first kappa shape index (κ1) is 14.0. The van der Waals surface area contributed by atoms with Crippen molar-refractivity contribution in [2.45, 2.75) is 31.8 Å². The zero-order valence-corrected chi connectivity index (χ0v) is 11.5. The van der Waals surface area contributed by atoms with Crippen LogP contribution in [0.1, 0.15) is 24.8 Å². The Balaban J connectivity index is 1.96. The highest BCUT2D eigenvalue weighted by atomic mass is 16.6. The van der Waals surface area contributed by atoms with Crippen LogP contribution in [0.4, 0.5) is 5.69 Å². The molecule has 1 aromatic carbocycles. The summed E-state index contributed by atoms with van der Waals surface area (Å²) in [5.41, 5.74) is -0.576. The predicted molar refractivity (Wildman–Crippen MR) is 74.0 cm³/mol. The number of hydrogen-bond donors (Lipinski definition) is 1. The number of benzene rings is 1. The minimum atomic E-state index is -1.03. The van der Waals surface area contributed by atoms with E-state index in [1.165, 1.54) is 6.07 Å². The number of carboxylic acid groups (broad SMARTS) is 1. The molecule has 21 heavy (non-hydrogen) atoms. The smallest absolute Gasteiger partial charge is 0.312 e. The summed E-state index contributed by atoms with van der Waals surface area (Å²) >= 11 is 0. The molecule has 1 saturated carbocycles. The van der Waals surface area contributed by atoms with Crippen molar-refractivity contribution in [1.82, 2.24) is 0 Å². The SMILES string of the molecule is O=C(O)C1(Cc2ccccc2[N+](=O)[O-])CCOC1C1CC1. The monoisotopic (exact) mass is 291 g/mol. The summed E-state index contributed by atoms with van der Waals surface area (Å²) in [5.74, 6) is -0.624. The Morgan fingerprint density at radius 2 is 2.14 bits per heavy atom. The Morgan fingerprint density at radius 3 is 2.76 bits per heavy atom. The van der Waals surface area contributed by atoms with Crippen LogP contribution in [0.3, 0.4) is 0 Å². The molecule has 0 bridgehead atoms. The average Bonchev–Trinajstić information content (AvgIpc) is 3.20. The van der Waals surface area contributed by atoms with Gasteiger partial charge in [-0.05, 0) is 31.6 Å². The summed E-state index contributed by atoms with van der Waals surface area (Å²) in [4.78, 5) is 22.6. The first-order chi connectivity index (χ1) is 10.0. The number of nitro benzene ring substituents is 1. The van der Waals surface area contributed by atoms with Crippen LogP contribution in [0.25, 0.3) is 0 Å². The number of nitrogens with zero attached hydrogens (tertiary/aromatic N) is 1. The Labute approximate surface area is 121 Å². The summed E-state index contributed by atoms with van der Waals surface area (Å²) in [6.45, 7) is 0.411. The van der Waals surface area contributed by atoms with Gasteiger partial charge < -0.3 is 9.84 Å². The van der Waals surface area contributed by atoms with Crippen LogP contribution in [0, 0.1) is 21.4 Å². The van der Waals surface area contributed by atoms with Crippen molar-refractivity contribution in [3.63, 3.8) is 0 Å². The van der Waals surface area contributed by atoms with Gasteiger partial charge in [0.15, 0.2) is 0 Å². The van der Waals surface area contributed by atoms with Gasteiger partial charge in [0.05, 0.1) is 11.0 Å². The summed E-state index contributed by atoms with van der Waals surface area (Å²) in [7, 11) is 0. The van der Waals surface area contributed by atoms with E-state index >= 15 is 0 Å². The molecule has 2 aliphatic rings. The maximum absolute atomic E-state index is 11.9. The summed E-state index contributed by atoms with van der Waals surface area (Å²) in [6.07, 6.45) is 2.21. The van der Waals surface area contributed by atoms with Gasteiger partial charge in [-0.25, -0.2) is 0 Å².